The summed E-state index contributed by atoms with van der Waals surface area (Å²) in [4.78, 5) is 26.2. The van der Waals surface area contributed by atoms with E-state index in [-0.39, 0.29) is 23.5 Å². The van der Waals surface area contributed by atoms with Gasteiger partial charge in [-0.05, 0) is 42.2 Å². The van der Waals surface area contributed by atoms with Crippen LogP contribution in [0.25, 0.3) is 0 Å². The van der Waals surface area contributed by atoms with E-state index in [0.717, 1.165) is 24.8 Å². The average Bonchev–Trinajstić information content (AvgIpc) is 2.95. The number of benzene rings is 1. The Hall–Kier alpha value is -2.16. The molecule has 3 nitrogen and oxygen atoms in total. The van der Waals surface area contributed by atoms with Crippen LogP contribution in [0.3, 0.4) is 0 Å². The van der Waals surface area contributed by atoms with Crippen LogP contribution in [0.2, 0.25) is 0 Å². The van der Waals surface area contributed by atoms with Gasteiger partial charge < -0.3 is 4.74 Å². The number of allylic oxidation sites excluding steroid dienone is 2. The highest BCUT2D eigenvalue weighted by Gasteiger charge is 2.55. The van der Waals surface area contributed by atoms with Crippen LogP contribution in [0.15, 0.2) is 49.6 Å². The van der Waals surface area contributed by atoms with E-state index in [1.807, 2.05) is 37.3 Å². The van der Waals surface area contributed by atoms with Crippen molar-refractivity contribution in [2.45, 2.75) is 32.1 Å². The maximum absolute atomic E-state index is 13.7. The lowest BCUT2D eigenvalue weighted by molar-refractivity contribution is -0.155. The van der Waals surface area contributed by atoms with Gasteiger partial charge in [-0.3, -0.25) is 9.59 Å². The molecule has 3 rings (SSSR count). The maximum atomic E-state index is 13.7. The number of esters is 1. The maximum Gasteiger partial charge on any atom is 0.316 e. The molecular weight excluding hydrogens is 312 g/mol. The van der Waals surface area contributed by atoms with E-state index in [9.17, 15) is 9.59 Å². The van der Waals surface area contributed by atoms with Gasteiger partial charge in [0.15, 0.2) is 5.78 Å². The van der Waals surface area contributed by atoms with Gasteiger partial charge in [0.2, 0.25) is 0 Å². The second kappa shape index (κ2) is 6.62. The number of hydrogen-bond acceptors (Lipinski definition) is 3. The third kappa shape index (κ3) is 2.57. The van der Waals surface area contributed by atoms with Crippen LogP contribution < -0.4 is 0 Å². The van der Waals surface area contributed by atoms with E-state index in [2.05, 4.69) is 19.2 Å². The Morgan fingerprint density at radius 1 is 1.20 bits per heavy atom. The van der Waals surface area contributed by atoms with Gasteiger partial charge in [-0.2, -0.15) is 0 Å². The molecule has 132 valence electrons. The lowest BCUT2D eigenvalue weighted by Gasteiger charge is -2.40. The first-order chi connectivity index (χ1) is 12.0. The minimum absolute atomic E-state index is 0.0221. The molecular formula is C22H26O3. The summed E-state index contributed by atoms with van der Waals surface area (Å²) in [5.41, 5.74) is 1.66. The highest BCUT2D eigenvalue weighted by molar-refractivity contribution is 6.04. The zero-order chi connectivity index (χ0) is 18.2. The first-order valence-corrected chi connectivity index (χ1v) is 8.94. The predicted molar refractivity (Wildman–Crippen MR) is 98.1 cm³/mol. The number of rotatable bonds is 6. The average molecular weight is 338 g/mol. The van der Waals surface area contributed by atoms with Crippen LogP contribution in [-0.2, 0) is 20.7 Å². The highest BCUT2D eigenvalue weighted by Crippen LogP contribution is 2.53. The van der Waals surface area contributed by atoms with Crippen LogP contribution in [0.4, 0.5) is 0 Å². The van der Waals surface area contributed by atoms with E-state index in [1.54, 1.807) is 0 Å². The molecule has 1 aromatic carbocycles. The fraction of sp³-hybridized carbons (Fsp3) is 0.455. The van der Waals surface area contributed by atoms with E-state index < -0.39 is 17.3 Å². The first-order valence-electron chi connectivity index (χ1n) is 8.94. The van der Waals surface area contributed by atoms with Crippen molar-refractivity contribution in [1.82, 2.24) is 0 Å². The molecule has 0 N–H and O–H groups in total. The molecule has 1 saturated carbocycles. The Morgan fingerprint density at radius 3 is 2.32 bits per heavy atom. The first kappa shape index (κ1) is 17.7. The summed E-state index contributed by atoms with van der Waals surface area (Å²) in [7, 11) is 1.36. The molecule has 1 aromatic rings. The van der Waals surface area contributed by atoms with Gasteiger partial charge in [0, 0.05) is 11.3 Å². The van der Waals surface area contributed by atoms with E-state index in [0.29, 0.717) is 0 Å². The molecule has 0 aliphatic heterocycles. The van der Waals surface area contributed by atoms with Gasteiger partial charge >= 0.3 is 5.97 Å². The number of carbonyl (C=O) groups is 2. The summed E-state index contributed by atoms with van der Waals surface area (Å²) in [6.45, 7) is 9.83. The zero-order valence-electron chi connectivity index (χ0n) is 15.0. The topological polar surface area (TPSA) is 43.4 Å². The summed E-state index contributed by atoms with van der Waals surface area (Å²) in [5.74, 6) is -1.18. The number of methoxy groups -OCH3 is 1. The van der Waals surface area contributed by atoms with Crippen LogP contribution >= 0.6 is 0 Å². The predicted octanol–water partition coefficient (Wildman–Crippen LogP) is 4.09. The quantitative estimate of drug-likeness (QED) is 0.446. The standard InChI is InChI=1S/C22H26O3/c1-5-15-11-12-16(6-2)22(15,3)20(23)19(21(24)25-4)18-13-14-9-7-8-10-17(14)18/h5-10,15-16,18-19H,1-2,11-13H2,3-4H3/t15-,16+,18?,19?,22?. The second-order valence-corrected chi connectivity index (χ2v) is 7.42. The molecule has 0 heterocycles. The van der Waals surface area contributed by atoms with Crippen LogP contribution in [0.1, 0.15) is 36.8 Å². The van der Waals surface area contributed by atoms with Gasteiger partial charge in [-0.1, -0.05) is 43.3 Å². The lowest BCUT2D eigenvalue weighted by atomic mass is 9.61. The molecule has 3 unspecified atom stereocenters. The highest BCUT2D eigenvalue weighted by atomic mass is 16.5. The normalized spacial score (nSPS) is 31.4. The molecule has 0 spiro atoms. The number of hydrogen-bond donors (Lipinski definition) is 0. The Bertz CT molecular complexity index is 702. The smallest absolute Gasteiger partial charge is 0.316 e. The van der Waals surface area contributed by atoms with Gasteiger partial charge in [0.05, 0.1) is 7.11 Å². The van der Waals surface area contributed by atoms with Crippen LogP contribution in [0.5, 0.6) is 0 Å². The summed E-state index contributed by atoms with van der Waals surface area (Å²) in [6.07, 6.45) is 6.28. The monoisotopic (exact) mass is 338 g/mol. The van der Waals surface area contributed by atoms with Crippen molar-refractivity contribution in [3.8, 4) is 0 Å². The van der Waals surface area contributed by atoms with Gasteiger partial charge in [0.25, 0.3) is 0 Å². The van der Waals surface area contributed by atoms with Crippen molar-refractivity contribution in [2.75, 3.05) is 7.11 Å². The molecule has 0 radical (unpaired) electrons. The number of Topliss-reactive ketones (excluding diaryl/α,β-unsaturated/α-hetero) is 1. The number of fused-ring (bicyclic) bond motifs is 1. The number of carbonyl (C=O) groups excluding carboxylic acids is 2. The van der Waals surface area contributed by atoms with Crippen molar-refractivity contribution in [1.29, 1.82) is 0 Å². The molecule has 0 amide bonds. The molecule has 0 saturated heterocycles. The summed E-state index contributed by atoms with van der Waals surface area (Å²) < 4.78 is 5.04. The zero-order valence-corrected chi connectivity index (χ0v) is 15.0. The van der Waals surface area contributed by atoms with Crippen molar-refractivity contribution in [3.05, 3.63) is 60.7 Å². The van der Waals surface area contributed by atoms with Gasteiger partial charge in [-0.15, -0.1) is 13.2 Å². The van der Waals surface area contributed by atoms with Crippen LogP contribution in [-0.4, -0.2) is 18.9 Å². The summed E-state index contributed by atoms with van der Waals surface area (Å²) in [6, 6.07) is 8.02. The molecule has 25 heavy (non-hydrogen) atoms. The molecule has 5 atom stereocenters. The third-order valence-corrected chi connectivity index (χ3v) is 6.46. The van der Waals surface area contributed by atoms with E-state index in [1.165, 1.54) is 12.7 Å². The lowest BCUT2D eigenvalue weighted by Crippen LogP contribution is -2.47. The number of ketones is 1. The van der Waals surface area contributed by atoms with Gasteiger partial charge in [0.1, 0.15) is 5.92 Å². The van der Waals surface area contributed by atoms with Crippen molar-refractivity contribution >= 4 is 11.8 Å². The number of ether oxygens (including phenoxy) is 1. The molecule has 3 heteroatoms. The van der Waals surface area contributed by atoms with Crippen molar-refractivity contribution < 1.29 is 14.3 Å². The Balaban J connectivity index is 2.00. The SMILES string of the molecule is C=C[C@@H]1CC[C@H](C=C)C1(C)C(=O)C(C(=O)OC)C1Cc2ccccc21. The minimum Gasteiger partial charge on any atom is -0.468 e. The Labute approximate surface area is 149 Å². The molecule has 2 aliphatic rings. The molecule has 2 aliphatic carbocycles. The molecule has 1 fully saturated rings. The fourth-order valence-electron chi connectivity index (χ4n) is 4.84. The second-order valence-electron chi connectivity index (χ2n) is 7.42. The third-order valence-electron chi connectivity index (χ3n) is 6.46. The van der Waals surface area contributed by atoms with Gasteiger partial charge in [-0.25, -0.2) is 0 Å². The van der Waals surface area contributed by atoms with Crippen molar-refractivity contribution in [2.24, 2.45) is 23.2 Å². The van der Waals surface area contributed by atoms with E-state index in [4.69, 9.17) is 4.74 Å². The Morgan fingerprint density at radius 2 is 1.80 bits per heavy atom. The fourth-order valence-corrected chi connectivity index (χ4v) is 4.84. The largest absolute Gasteiger partial charge is 0.468 e. The summed E-state index contributed by atoms with van der Waals surface area (Å²) in [5, 5.41) is 0. The molecule has 0 bridgehead atoms. The Kier molecular flexibility index (Phi) is 4.68. The van der Waals surface area contributed by atoms with E-state index >= 15 is 0 Å². The van der Waals surface area contributed by atoms with Crippen molar-refractivity contribution in [3.63, 3.8) is 0 Å². The molecule has 0 aromatic heterocycles. The summed E-state index contributed by atoms with van der Waals surface area (Å²) >= 11 is 0. The van der Waals surface area contributed by atoms with Crippen LogP contribution in [0, 0.1) is 23.2 Å². The minimum atomic E-state index is -0.757.